The Balaban J connectivity index is 1.56. The second kappa shape index (κ2) is 10.5. The second-order valence-electron chi connectivity index (χ2n) is 11.4. The largest absolute Gasteiger partial charge is 0.489 e. The predicted octanol–water partition coefficient (Wildman–Crippen LogP) is 6.00. The predicted molar refractivity (Wildman–Crippen MR) is 153 cm³/mol. The van der Waals surface area contributed by atoms with Gasteiger partial charge in [-0.3, -0.25) is 9.69 Å². The van der Waals surface area contributed by atoms with Gasteiger partial charge in [0.05, 0.1) is 10.9 Å². The van der Waals surface area contributed by atoms with Gasteiger partial charge in [-0.05, 0) is 74.1 Å². The Bertz CT molecular complexity index is 1520. The molecule has 2 atom stereocenters. The Morgan fingerprint density at radius 3 is 2.67 bits per heavy atom. The number of carboxylic acid groups (broad SMARTS) is 1. The van der Waals surface area contributed by atoms with Crippen molar-refractivity contribution in [3.05, 3.63) is 88.0 Å². The number of para-hydroxylation sites is 1. The van der Waals surface area contributed by atoms with E-state index in [2.05, 4.69) is 65.5 Å². The van der Waals surface area contributed by atoms with Crippen LogP contribution in [0, 0.1) is 19.3 Å². The molecule has 7 heteroatoms. The minimum absolute atomic E-state index is 0.122. The molecule has 0 radical (unpaired) electrons. The van der Waals surface area contributed by atoms with Crippen LogP contribution in [0.4, 0.5) is 0 Å². The third-order valence-corrected chi connectivity index (χ3v) is 8.34. The molecule has 2 unspecified atom stereocenters. The fourth-order valence-corrected chi connectivity index (χ4v) is 5.84. The van der Waals surface area contributed by atoms with Crippen LogP contribution in [0.5, 0.6) is 5.75 Å². The van der Waals surface area contributed by atoms with E-state index in [0.717, 1.165) is 59.5 Å². The van der Waals surface area contributed by atoms with E-state index in [1.807, 2.05) is 46.0 Å². The standard InChI is InChI=1S/C32H38N4O3/c1-7-25-19-36(17-23-10-8-9-11-28(23)39-25)18-24-16-22(13-12-20(24)2)29(32(4,5)31(37)38)26-14-15-27-30(21(26)3)33-34-35(27)6/h8-16,25,29H,7,17-19H2,1-6H3,(H,37,38). The Morgan fingerprint density at radius 1 is 1.15 bits per heavy atom. The summed E-state index contributed by atoms with van der Waals surface area (Å²) in [6, 6.07) is 18.8. The van der Waals surface area contributed by atoms with Crippen LogP contribution in [0.25, 0.3) is 11.0 Å². The third kappa shape index (κ3) is 5.03. The summed E-state index contributed by atoms with van der Waals surface area (Å²) >= 11 is 0. The molecule has 39 heavy (non-hydrogen) atoms. The maximum Gasteiger partial charge on any atom is 0.310 e. The normalized spacial score (nSPS) is 16.9. The third-order valence-electron chi connectivity index (χ3n) is 8.34. The number of carbonyl (C=O) groups is 1. The lowest BCUT2D eigenvalue weighted by Gasteiger charge is -2.33. The average Bonchev–Trinajstić information content (AvgIpc) is 3.18. The lowest BCUT2D eigenvalue weighted by molar-refractivity contribution is -0.147. The van der Waals surface area contributed by atoms with Crippen molar-refractivity contribution in [2.75, 3.05) is 6.54 Å². The molecule has 1 aliphatic heterocycles. The molecule has 5 rings (SSSR count). The maximum atomic E-state index is 12.6. The lowest BCUT2D eigenvalue weighted by Crippen LogP contribution is -2.33. The van der Waals surface area contributed by atoms with E-state index in [1.165, 1.54) is 16.7 Å². The van der Waals surface area contributed by atoms with Crippen molar-refractivity contribution in [2.45, 2.75) is 66.2 Å². The fraction of sp³-hybridized carbons (Fsp3) is 0.406. The van der Waals surface area contributed by atoms with Crippen LogP contribution < -0.4 is 4.74 Å². The Labute approximate surface area is 230 Å². The minimum atomic E-state index is -1.05. The second-order valence-corrected chi connectivity index (χ2v) is 11.4. The fourth-order valence-electron chi connectivity index (χ4n) is 5.84. The zero-order chi connectivity index (χ0) is 27.9. The summed E-state index contributed by atoms with van der Waals surface area (Å²) in [7, 11) is 1.87. The summed E-state index contributed by atoms with van der Waals surface area (Å²) in [6.45, 7) is 12.3. The van der Waals surface area contributed by atoms with E-state index in [0.29, 0.717) is 0 Å². The van der Waals surface area contributed by atoms with Crippen molar-refractivity contribution in [1.29, 1.82) is 0 Å². The highest BCUT2D eigenvalue weighted by molar-refractivity contribution is 5.81. The molecule has 2 heterocycles. The zero-order valence-electron chi connectivity index (χ0n) is 23.7. The van der Waals surface area contributed by atoms with Crippen LogP contribution in [0.2, 0.25) is 0 Å². The molecule has 0 spiro atoms. The summed E-state index contributed by atoms with van der Waals surface area (Å²) in [5, 5.41) is 18.9. The number of aryl methyl sites for hydroxylation is 3. The average molecular weight is 527 g/mol. The minimum Gasteiger partial charge on any atom is -0.489 e. The number of aliphatic carboxylic acids is 1. The van der Waals surface area contributed by atoms with Crippen molar-refractivity contribution < 1.29 is 14.6 Å². The Morgan fingerprint density at radius 2 is 1.92 bits per heavy atom. The van der Waals surface area contributed by atoms with Gasteiger partial charge in [0, 0.05) is 38.2 Å². The molecule has 1 N–H and O–H groups in total. The quantitative estimate of drug-likeness (QED) is 0.318. The van der Waals surface area contributed by atoms with Gasteiger partial charge in [-0.2, -0.15) is 0 Å². The number of fused-ring (bicyclic) bond motifs is 2. The number of nitrogens with zero attached hydrogens (tertiary/aromatic N) is 4. The number of rotatable bonds is 7. The highest BCUT2D eigenvalue weighted by atomic mass is 16.5. The Kier molecular flexibility index (Phi) is 7.21. The van der Waals surface area contributed by atoms with E-state index in [1.54, 1.807) is 4.68 Å². The van der Waals surface area contributed by atoms with Crippen LogP contribution in [-0.2, 0) is 24.9 Å². The highest BCUT2D eigenvalue weighted by Gasteiger charge is 2.40. The monoisotopic (exact) mass is 526 g/mol. The SMILES string of the molecule is CCC1CN(Cc2cc(C(c3ccc4c(nnn4C)c3C)C(C)(C)C(=O)O)ccc2C)Cc2ccccc2O1. The van der Waals surface area contributed by atoms with E-state index in [9.17, 15) is 9.90 Å². The van der Waals surface area contributed by atoms with Gasteiger partial charge in [-0.1, -0.05) is 54.6 Å². The van der Waals surface area contributed by atoms with Gasteiger partial charge in [-0.25, -0.2) is 4.68 Å². The molecule has 4 aromatic rings. The topological polar surface area (TPSA) is 80.5 Å². The molecular weight excluding hydrogens is 488 g/mol. The highest BCUT2D eigenvalue weighted by Crippen LogP contribution is 2.44. The van der Waals surface area contributed by atoms with E-state index in [-0.39, 0.29) is 12.0 Å². The van der Waals surface area contributed by atoms with E-state index >= 15 is 0 Å². The summed E-state index contributed by atoms with van der Waals surface area (Å²) in [5.41, 5.74) is 7.21. The molecule has 1 aliphatic rings. The summed E-state index contributed by atoms with van der Waals surface area (Å²) < 4.78 is 8.08. The van der Waals surface area contributed by atoms with Crippen molar-refractivity contribution in [3.63, 3.8) is 0 Å². The lowest BCUT2D eigenvalue weighted by atomic mass is 9.69. The summed E-state index contributed by atoms with van der Waals surface area (Å²) in [4.78, 5) is 15.1. The molecule has 0 aliphatic carbocycles. The van der Waals surface area contributed by atoms with Gasteiger partial charge >= 0.3 is 5.97 Å². The number of hydrogen-bond donors (Lipinski definition) is 1. The molecule has 0 fully saturated rings. The van der Waals surface area contributed by atoms with Crippen molar-refractivity contribution in [3.8, 4) is 5.75 Å². The number of ether oxygens (including phenoxy) is 1. The smallest absolute Gasteiger partial charge is 0.310 e. The van der Waals surface area contributed by atoms with Crippen LogP contribution in [0.1, 0.15) is 66.5 Å². The molecule has 0 saturated heterocycles. The maximum absolute atomic E-state index is 12.6. The van der Waals surface area contributed by atoms with E-state index < -0.39 is 11.4 Å². The first-order valence-electron chi connectivity index (χ1n) is 13.7. The molecule has 204 valence electrons. The molecule has 1 aromatic heterocycles. The molecule has 3 aromatic carbocycles. The van der Waals surface area contributed by atoms with Crippen molar-refractivity contribution in [2.24, 2.45) is 12.5 Å². The van der Waals surface area contributed by atoms with Gasteiger partial charge in [0.1, 0.15) is 17.4 Å². The number of aromatic nitrogens is 3. The van der Waals surface area contributed by atoms with Gasteiger partial charge in [0.15, 0.2) is 0 Å². The Hall–Kier alpha value is -3.71. The number of benzene rings is 3. The van der Waals surface area contributed by atoms with E-state index in [4.69, 9.17) is 4.74 Å². The van der Waals surface area contributed by atoms with Gasteiger partial charge < -0.3 is 9.84 Å². The molecule has 0 saturated carbocycles. The first-order valence-corrected chi connectivity index (χ1v) is 13.7. The van der Waals surface area contributed by atoms with Crippen LogP contribution in [0.3, 0.4) is 0 Å². The van der Waals surface area contributed by atoms with Crippen LogP contribution in [-0.4, -0.2) is 43.6 Å². The first kappa shape index (κ1) is 26.9. The molecule has 7 nitrogen and oxygen atoms in total. The van der Waals surface area contributed by atoms with Gasteiger partial charge in [-0.15, -0.1) is 5.10 Å². The summed E-state index contributed by atoms with van der Waals surface area (Å²) in [5.74, 6) is -0.229. The van der Waals surface area contributed by atoms with Crippen LogP contribution >= 0.6 is 0 Å². The number of hydrogen-bond acceptors (Lipinski definition) is 5. The van der Waals surface area contributed by atoms with Crippen molar-refractivity contribution in [1.82, 2.24) is 19.9 Å². The van der Waals surface area contributed by atoms with Crippen LogP contribution in [0.15, 0.2) is 54.6 Å². The molecule has 0 amide bonds. The van der Waals surface area contributed by atoms with Gasteiger partial charge in [0.25, 0.3) is 0 Å². The van der Waals surface area contributed by atoms with Gasteiger partial charge in [0.2, 0.25) is 0 Å². The number of carboxylic acids is 1. The molecule has 0 bridgehead atoms. The zero-order valence-corrected chi connectivity index (χ0v) is 23.7. The molecular formula is C32H38N4O3. The first-order chi connectivity index (χ1) is 18.6. The van der Waals surface area contributed by atoms with Crippen molar-refractivity contribution >= 4 is 17.0 Å². The summed E-state index contributed by atoms with van der Waals surface area (Å²) in [6.07, 6.45) is 1.06.